The first kappa shape index (κ1) is 13.6. The van der Waals surface area contributed by atoms with E-state index >= 15 is 0 Å². The van der Waals surface area contributed by atoms with Crippen LogP contribution >= 0.6 is 0 Å². The van der Waals surface area contributed by atoms with E-state index in [1.165, 1.54) is 4.90 Å². The average Bonchev–Trinajstić information content (AvgIpc) is 2.49. The van der Waals surface area contributed by atoms with Crippen LogP contribution in [0.4, 0.5) is 0 Å². The number of nitrogens with zero attached hydrogens (tertiary/aromatic N) is 2. The number of carbonyl (C=O) groups is 3. The minimum Gasteiger partial charge on any atom is -0.480 e. The van der Waals surface area contributed by atoms with Crippen LogP contribution in [0.2, 0.25) is 0 Å². The normalized spacial score (nSPS) is 20.8. The smallest absolute Gasteiger partial charge is 0.317 e. The van der Waals surface area contributed by atoms with Gasteiger partial charge in [0.2, 0.25) is 11.8 Å². The van der Waals surface area contributed by atoms with Crippen molar-refractivity contribution in [3.63, 3.8) is 0 Å². The topological polar surface area (TPSA) is 77.9 Å². The maximum atomic E-state index is 11.9. The number of rotatable bonds is 5. The molecule has 0 radical (unpaired) electrons. The molecule has 1 aliphatic heterocycles. The van der Waals surface area contributed by atoms with Crippen LogP contribution in [0.15, 0.2) is 0 Å². The summed E-state index contributed by atoms with van der Waals surface area (Å²) in [7, 11) is 0. The molecular formula is C11H18N2O4. The van der Waals surface area contributed by atoms with Gasteiger partial charge in [-0.1, -0.05) is 0 Å². The highest BCUT2D eigenvalue weighted by Crippen LogP contribution is 2.20. The van der Waals surface area contributed by atoms with Gasteiger partial charge in [0.05, 0.1) is 19.0 Å². The molecule has 0 aromatic heterocycles. The van der Waals surface area contributed by atoms with Crippen molar-refractivity contribution in [3.8, 4) is 0 Å². The molecule has 17 heavy (non-hydrogen) atoms. The second-order valence-corrected chi connectivity index (χ2v) is 4.36. The van der Waals surface area contributed by atoms with Gasteiger partial charge in [0, 0.05) is 12.6 Å². The zero-order valence-corrected chi connectivity index (χ0v) is 10.3. The van der Waals surface area contributed by atoms with E-state index in [9.17, 15) is 14.4 Å². The molecule has 2 amide bonds. The Labute approximate surface area is 100 Å². The molecule has 96 valence electrons. The molecule has 1 aliphatic rings. The molecule has 0 bridgehead atoms. The highest BCUT2D eigenvalue weighted by molar-refractivity contribution is 6.05. The van der Waals surface area contributed by atoms with Crippen molar-refractivity contribution in [1.82, 2.24) is 9.80 Å². The second-order valence-electron chi connectivity index (χ2n) is 4.36. The van der Waals surface area contributed by atoms with Crippen molar-refractivity contribution in [3.05, 3.63) is 0 Å². The molecule has 1 fully saturated rings. The monoisotopic (exact) mass is 242 g/mol. The van der Waals surface area contributed by atoms with E-state index in [1.807, 2.05) is 13.8 Å². The first-order chi connectivity index (χ1) is 7.88. The Bertz CT molecular complexity index is 340. The largest absolute Gasteiger partial charge is 0.480 e. The Morgan fingerprint density at radius 3 is 2.47 bits per heavy atom. The number of carboxylic acids is 1. The summed E-state index contributed by atoms with van der Waals surface area (Å²) in [6.45, 7) is 5.48. The van der Waals surface area contributed by atoms with Gasteiger partial charge in [0.1, 0.15) is 0 Å². The quantitative estimate of drug-likeness (QED) is 0.683. The van der Waals surface area contributed by atoms with E-state index in [0.29, 0.717) is 6.54 Å². The SMILES string of the molecule is CCN1C(=O)CC(N(CC(=O)O)C(C)C)C1=O. The third kappa shape index (κ3) is 2.82. The van der Waals surface area contributed by atoms with Gasteiger partial charge in [0.25, 0.3) is 0 Å². The van der Waals surface area contributed by atoms with Crippen LogP contribution in [0, 0.1) is 0 Å². The summed E-state index contributed by atoms with van der Waals surface area (Å²) < 4.78 is 0. The number of carboxylic acid groups (broad SMARTS) is 1. The lowest BCUT2D eigenvalue weighted by Crippen LogP contribution is -2.47. The molecular weight excluding hydrogens is 224 g/mol. The summed E-state index contributed by atoms with van der Waals surface area (Å²) in [6, 6.07) is -0.719. The molecule has 1 N–H and O–H groups in total. The van der Waals surface area contributed by atoms with Crippen LogP contribution in [-0.2, 0) is 14.4 Å². The summed E-state index contributed by atoms with van der Waals surface area (Å²) in [5, 5.41) is 8.82. The van der Waals surface area contributed by atoms with Crippen molar-refractivity contribution < 1.29 is 19.5 Å². The Morgan fingerprint density at radius 1 is 1.53 bits per heavy atom. The van der Waals surface area contributed by atoms with Crippen LogP contribution in [0.1, 0.15) is 27.2 Å². The zero-order chi connectivity index (χ0) is 13.2. The summed E-state index contributed by atoms with van der Waals surface area (Å²) in [5.74, 6) is -1.50. The minimum absolute atomic E-state index is 0.0815. The van der Waals surface area contributed by atoms with Gasteiger partial charge in [-0.15, -0.1) is 0 Å². The summed E-state index contributed by atoms with van der Waals surface area (Å²) in [5.41, 5.74) is 0. The second kappa shape index (κ2) is 5.27. The van der Waals surface area contributed by atoms with Crippen molar-refractivity contribution in [1.29, 1.82) is 0 Å². The predicted molar refractivity (Wildman–Crippen MR) is 60.3 cm³/mol. The van der Waals surface area contributed by atoms with Crippen molar-refractivity contribution in [2.45, 2.75) is 39.3 Å². The third-order valence-corrected chi connectivity index (χ3v) is 2.92. The zero-order valence-electron chi connectivity index (χ0n) is 10.3. The molecule has 0 saturated carbocycles. The van der Waals surface area contributed by atoms with E-state index in [-0.39, 0.29) is 30.8 Å². The lowest BCUT2D eigenvalue weighted by molar-refractivity contribution is -0.142. The van der Waals surface area contributed by atoms with Crippen LogP contribution < -0.4 is 0 Å². The first-order valence-electron chi connectivity index (χ1n) is 5.70. The van der Waals surface area contributed by atoms with E-state index < -0.39 is 12.0 Å². The fourth-order valence-corrected chi connectivity index (χ4v) is 2.07. The molecule has 1 unspecified atom stereocenters. The van der Waals surface area contributed by atoms with Gasteiger partial charge in [0.15, 0.2) is 0 Å². The number of amides is 2. The fourth-order valence-electron chi connectivity index (χ4n) is 2.07. The average molecular weight is 242 g/mol. The maximum Gasteiger partial charge on any atom is 0.317 e. The molecule has 1 atom stereocenters. The lowest BCUT2D eigenvalue weighted by atomic mass is 10.1. The van der Waals surface area contributed by atoms with Crippen LogP contribution in [0.5, 0.6) is 0 Å². The molecule has 1 rings (SSSR count). The standard InChI is InChI=1S/C11H18N2O4/c1-4-12-9(14)5-8(11(12)17)13(7(2)3)6-10(15)16/h7-8H,4-6H2,1-3H3,(H,15,16). The number of likely N-dealkylation sites (N-methyl/N-ethyl adjacent to an activating group) is 1. The summed E-state index contributed by atoms with van der Waals surface area (Å²) in [6.07, 6.45) is 0.0815. The number of likely N-dealkylation sites (tertiary alicyclic amines) is 1. The molecule has 0 aromatic rings. The number of aliphatic carboxylic acids is 1. The Morgan fingerprint density at radius 2 is 2.12 bits per heavy atom. The molecule has 0 spiro atoms. The van der Waals surface area contributed by atoms with E-state index in [0.717, 1.165) is 0 Å². The van der Waals surface area contributed by atoms with Crippen LogP contribution in [0.25, 0.3) is 0 Å². The first-order valence-corrected chi connectivity index (χ1v) is 5.70. The highest BCUT2D eigenvalue weighted by Gasteiger charge is 2.42. The molecule has 1 heterocycles. The number of hydrogen-bond donors (Lipinski definition) is 1. The summed E-state index contributed by atoms with van der Waals surface area (Å²) in [4.78, 5) is 37.0. The fraction of sp³-hybridized carbons (Fsp3) is 0.727. The van der Waals surface area contributed by atoms with E-state index in [4.69, 9.17) is 5.11 Å². The van der Waals surface area contributed by atoms with Gasteiger partial charge in [-0.25, -0.2) is 0 Å². The lowest BCUT2D eigenvalue weighted by Gasteiger charge is -2.29. The van der Waals surface area contributed by atoms with Gasteiger partial charge in [-0.3, -0.25) is 24.2 Å². The number of carbonyl (C=O) groups excluding carboxylic acids is 2. The van der Waals surface area contributed by atoms with Gasteiger partial charge >= 0.3 is 5.97 Å². The molecule has 0 aliphatic carbocycles. The number of hydrogen-bond acceptors (Lipinski definition) is 4. The van der Waals surface area contributed by atoms with Gasteiger partial charge < -0.3 is 5.11 Å². The van der Waals surface area contributed by atoms with Crippen LogP contribution in [-0.4, -0.2) is 57.9 Å². The van der Waals surface area contributed by atoms with E-state index in [2.05, 4.69) is 0 Å². The Kier molecular flexibility index (Phi) is 4.22. The molecule has 1 saturated heterocycles. The third-order valence-electron chi connectivity index (χ3n) is 2.92. The highest BCUT2D eigenvalue weighted by atomic mass is 16.4. The number of imide groups is 1. The minimum atomic E-state index is -0.992. The van der Waals surface area contributed by atoms with E-state index in [1.54, 1.807) is 11.8 Å². The molecule has 0 aromatic carbocycles. The summed E-state index contributed by atoms with van der Waals surface area (Å²) >= 11 is 0. The van der Waals surface area contributed by atoms with Crippen molar-refractivity contribution >= 4 is 17.8 Å². The Hall–Kier alpha value is -1.43. The van der Waals surface area contributed by atoms with Gasteiger partial charge in [-0.2, -0.15) is 0 Å². The Balaban J connectivity index is 2.86. The van der Waals surface area contributed by atoms with Crippen molar-refractivity contribution in [2.24, 2.45) is 0 Å². The molecule has 6 heteroatoms. The molecule has 6 nitrogen and oxygen atoms in total. The predicted octanol–water partition coefficient (Wildman–Crippen LogP) is -0.0712. The van der Waals surface area contributed by atoms with Crippen molar-refractivity contribution in [2.75, 3.05) is 13.1 Å². The van der Waals surface area contributed by atoms with Gasteiger partial charge in [-0.05, 0) is 20.8 Å². The maximum absolute atomic E-state index is 11.9. The van der Waals surface area contributed by atoms with Crippen LogP contribution in [0.3, 0.4) is 0 Å².